The van der Waals surface area contributed by atoms with E-state index in [1.54, 1.807) is 15.8 Å². The van der Waals surface area contributed by atoms with Gasteiger partial charge in [-0.2, -0.15) is 5.10 Å². The monoisotopic (exact) mass is 445 g/mol. The molecule has 1 aromatic carbocycles. The van der Waals surface area contributed by atoms with Crippen molar-refractivity contribution in [1.29, 1.82) is 0 Å². The first-order chi connectivity index (χ1) is 14.8. The van der Waals surface area contributed by atoms with Gasteiger partial charge in [0.2, 0.25) is 0 Å². The number of aliphatic hydroxyl groups excluding tert-OH is 1. The number of carbonyl (C=O) groups excluding carboxylic acids is 1. The molecule has 1 aliphatic rings. The van der Waals surface area contributed by atoms with E-state index in [1.165, 1.54) is 0 Å². The average Bonchev–Trinajstić information content (AvgIpc) is 3.24. The number of nitrogens with zero attached hydrogens (tertiary/aromatic N) is 3. The SMILES string of the molecule is C[Si](C)(C)CCOCn1cc(C(O)C2CCN(C(=O)OCc3ccccc3)CC2)cn1. The van der Waals surface area contributed by atoms with Crippen LogP contribution in [-0.2, 0) is 22.8 Å². The number of rotatable bonds is 9. The maximum Gasteiger partial charge on any atom is 0.410 e. The highest BCUT2D eigenvalue weighted by atomic mass is 28.3. The van der Waals surface area contributed by atoms with Gasteiger partial charge in [0.05, 0.1) is 12.3 Å². The molecule has 170 valence electrons. The van der Waals surface area contributed by atoms with Gasteiger partial charge in [-0.1, -0.05) is 50.0 Å². The minimum absolute atomic E-state index is 0.101. The van der Waals surface area contributed by atoms with E-state index >= 15 is 0 Å². The summed E-state index contributed by atoms with van der Waals surface area (Å²) in [6.45, 7) is 9.58. The van der Waals surface area contributed by atoms with Crippen LogP contribution in [0.2, 0.25) is 25.7 Å². The van der Waals surface area contributed by atoms with Crippen LogP contribution in [0.1, 0.15) is 30.1 Å². The number of benzene rings is 1. The number of carbonyl (C=O) groups is 1. The molecular weight excluding hydrogens is 410 g/mol. The molecule has 1 atom stereocenters. The topological polar surface area (TPSA) is 76.8 Å². The summed E-state index contributed by atoms with van der Waals surface area (Å²) >= 11 is 0. The second-order valence-electron chi connectivity index (χ2n) is 9.47. The average molecular weight is 446 g/mol. The quantitative estimate of drug-likeness (QED) is 0.461. The molecule has 1 unspecified atom stereocenters. The lowest BCUT2D eigenvalue weighted by Crippen LogP contribution is -2.40. The van der Waals surface area contributed by atoms with Crippen LogP contribution in [0.15, 0.2) is 42.7 Å². The van der Waals surface area contributed by atoms with E-state index in [2.05, 4.69) is 24.7 Å². The van der Waals surface area contributed by atoms with Crippen LogP contribution in [0, 0.1) is 5.92 Å². The van der Waals surface area contributed by atoms with Crippen molar-refractivity contribution in [2.75, 3.05) is 19.7 Å². The van der Waals surface area contributed by atoms with Crippen LogP contribution in [0.25, 0.3) is 0 Å². The van der Waals surface area contributed by atoms with Gasteiger partial charge in [0.1, 0.15) is 13.3 Å². The first-order valence-electron chi connectivity index (χ1n) is 11.1. The Bertz CT molecular complexity index is 814. The smallest absolute Gasteiger partial charge is 0.410 e. The van der Waals surface area contributed by atoms with E-state index in [9.17, 15) is 9.90 Å². The molecule has 0 spiro atoms. The van der Waals surface area contributed by atoms with Gasteiger partial charge in [-0.3, -0.25) is 0 Å². The predicted molar refractivity (Wildman–Crippen MR) is 122 cm³/mol. The lowest BCUT2D eigenvalue weighted by atomic mass is 9.89. The summed E-state index contributed by atoms with van der Waals surface area (Å²) in [5, 5.41) is 15.1. The van der Waals surface area contributed by atoms with Gasteiger partial charge < -0.3 is 19.5 Å². The molecule has 8 heteroatoms. The predicted octanol–water partition coefficient (Wildman–Crippen LogP) is 4.28. The molecule has 0 bridgehead atoms. The minimum Gasteiger partial charge on any atom is -0.445 e. The molecule has 1 aromatic heterocycles. The van der Waals surface area contributed by atoms with Crippen molar-refractivity contribution in [1.82, 2.24) is 14.7 Å². The number of likely N-dealkylation sites (tertiary alicyclic amines) is 1. The van der Waals surface area contributed by atoms with Gasteiger partial charge in [-0.05, 0) is 30.4 Å². The molecule has 31 heavy (non-hydrogen) atoms. The fraction of sp³-hybridized carbons (Fsp3) is 0.565. The van der Waals surface area contributed by atoms with Gasteiger partial charge >= 0.3 is 6.09 Å². The molecule has 0 saturated carbocycles. The second-order valence-corrected chi connectivity index (χ2v) is 15.1. The highest BCUT2D eigenvalue weighted by Crippen LogP contribution is 2.30. The summed E-state index contributed by atoms with van der Waals surface area (Å²) in [5.41, 5.74) is 1.78. The Morgan fingerprint density at radius 2 is 1.94 bits per heavy atom. The maximum atomic E-state index is 12.3. The second kappa shape index (κ2) is 10.9. The summed E-state index contributed by atoms with van der Waals surface area (Å²) in [7, 11) is -1.10. The highest BCUT2D eigenvalue weighted by Gasteiger charge is 2.29. The summed E-state index contributed by atoms with van der Waals surface area (Å²) in [5.74, 6) is 0.101. The molecule has 1 fully saturated rings. The molecule has 1 aliphatic heterocycles. The van der Waals surface area contributed by atoms with Crippen molar-refractivity contribution in [3.8, 4) is 0 Å². The maximum absolute atomic E-state index is 12.3. The number of piperidine rings is 1. The fourth-order valence-corrected chi connectivity index (χ4v) is 4.38. The molecule has 1 amide bonds. The Morgan fingerprint density at radius 1 is 1.23 bits per heavy atom. The van der Waals surface area contributed by atoms with E-state index in [0.29, 0.717) is 19.8 Å². The minimum atomic E-state index is -1.10. The van der Waals surface area contributed by atoms with Gasteiger partial charge in [0.15, 0.2) is 0 Å². The Hall–Kier alpha value is -2.16. The van der Waals surface area contributed by atoms with E-state index < -0.39 is 14.2 Å². The summed E-state index contributed by atoms with van der Waals surface area (Å²) in [6, 6.07) is 10.8. The van der Waals surface area contributed by atoms with Crippen LogP contribution in [0.4, 0.5) is 4.79 Å². The van der Waals surface area contributed by atoms with Crippen molar-refractivity contribution in [2.45, 2.75) is 58.0 Å². The van der Waals surface area contributed by atoms with Gasteiger partial charge in [-0.25, -0.2) is 9.48 Å². The first kappa shape index (κ1) is 23.5. The zero-order chi connectivity index (χ0) is 22.3. The molecular formula is C23H35N3O4Si. The first-order valence-corrected chi connectivity index (χ1v) is 14.8. The third kappa shape index (κ3) is 7.48. The zero-order valence-corrected chi connectivity index (χ0v) is 19.9. The summed E-state index contributed by atoms with van der Waals surface area (Å²) in [4.78, 5) is 14.0. The lowest BCUT2D eigenvalue weighted by Gasteiger charge is -2.33. The van der Waals surface area contributed by atoms with E-state index in [-0.39, 0.29) is 18.6 Å². The molecule has 1 saturated heterocycles. The summed E-state index contributed by atoms with van der Waals surface area (Å²) < 4.78 is 12.9. The van der Waals surface area contributed by atoms with Crippen LogP contribution >= 0.6 is 0 Å². The molecule has 2 heterocycles. The molecule has 1 N–H and O–H groups in total. The molecule has 3 rings (SSSR count). The molecule has 2 aromatic rings. The molecule has 0 radical (unpaired) electrons. The molecule has 0 aliphatic carbocycles. The number of aliphatic hydroxyl groups is 1. The third-order valence-electron chi connectivity index (χ3n) is 5.66. The number of amides is 1. The van der Waals surface area contributed by atoms with Gasteiger partial charge in [-0.15, -0.1) is 0 Å². The number of hydrogen-bond acceptors (Lipinski definition) is 5. The number of aromatic nitrogens is 2. The standard InChI is InChI=1S/C23H35N3O4Si/c1-31(2,3)14-13-29-18-26-16-21(15-24-26)22(27)20-9-11-25(12-10-20)23(28)30-17-19-7-5-4-6-8-19/h4-8,15-16,20,22,27H,9-14,17-18H2,1-3H3. The number of ether oxygens (including phenoxy) is 2. The van der Waals surface area contributed by atoms with Crippen molar-refractivity contribution in [2.24, 2.45) is 5.92 Å². The normalized spacial score (nSPS) is 16.3. The van der Waals surface area contributed by atoms with E-state index in [4.69, 9.17) is 9.47 Å². The Kier molecular flexibility index (Phi) is 8.28. The Balaban J connectivity index is 1.40. The van der Waals surface area contributed by atoms with Crippen molar-refractivity contribution >= 4 is 14.2 Å². The van der Waals surface area contributed by atoms with Crippen LogP contribution in [-0.4, -0.2) is 53.7 Å². The highest BCUT2D eigenvalue weighted by molar-refractivity contribution is 6.76. The van der Waals surface area contributed by atoms with Gasteiger partial charge in [0.25, 0.3) is 0 Å². The molecule has 7 nitrogen and oxygen atoms in total. The van der Waals surface area contributed by atoms with Crippen molar-refractivity contribution in [3.63, 3.8) is 0 Å². The Labute approximate surface area is 186 Å². The van der Waals surface area contributed by atoms with Crippen LogP contribution in [0.5, 0.6) is 0 Å². The zero-order valence-electron chi connectivity index (χ0n) is 18.9. The van der Waals surface area contributed by atoms with E-state index in [0.717, 1.165) is 36.6 Å². The summed E-state index contributed by atoms with van der Waals surface area (Å²) in [6.07, 6.45) is 4.17. The number of hydrogen-bond donors (Lipinski definition) is 1. The largest absolute Gasteiger partial charge is 0.445 e. The lowest BCUT2D eigenvalue weighted by molar-refractivity contribution is 0.0446. The fourth-order valence-electron chi connectivity index (χ4n) is 3.62. The van der Waals surface area contributed by atoms with Gasteiger partial charge in [0, 0.05) is 39.5 Å². The third-order valence-corrected chi connectivity index (χ3v) is 7.37. The van der Waals surface area contributed by atoms with Crippen molar-refractivity contribution in [3.05, 3.63) is 53.9 Å². The van der Waals surface area contributed by atoms with Crippen LogP contribution in [0.3, 0.4) is 0 Å². The van der Waals surface area contributed by atoms with Crippen LogP contribution < -0.4 is 0 Å². The van der Waals surface area contributed by atoms with E-state index in [1.807, 2.05) is 36.5 Å². The Morgan fingerprint density at radius 3 is 2.61 bits per heavy atom. The van der Waals surface area contributed by atoms with Crippen molar-refractivity contribution < 1.29 is 19.4 Å².